The highest BCUT2D eigenvalue weighted by atomic mass is 16.8. The van der Waals surface area contributed by atoms with E-state index in [0.717, 1.165) is 0 Å². The van der Waals surface area contributed by atoms with Gasteiger partial charge in [-0.15, -0.1) is 0 Å². The zero-order valence-electron chi connectivity index (χ0n) is 51.9. The molecule has 0 aromatic rings. The summed E-state index contributed by atoms with van der Waals surface area (Å²) in [4.78, 5) is 12.9. The minimum Gasteiger partial charge on any atom is -0.477 e. The Morgan fingerprint density at radius 1 is 0.432 bits per heavy atom. The van der Waals surface area contributed by atoms with Gasteiger partial charge in [-0.3, -0.25) is 0 Å². The summed E-state index contributed by atoms with van der Waals surface area (Å²) in [5, 5.41) is 251. The Morgan fingerprint density at radius 3 is 1.34 bits per heavy atom. The molecule has 0 bridgehead atoms. The molecule has 8 fully saturated rings. The lowest BCUT2D eigenvalue weighted by molar-refractivity contribution is -0.403. The van der Waals surface area contributed by atoms with Crippen LogP contribution in [0.4, 0.5) is 0 Å². The number of aliphatic hydroxyl groups excluding tert-OH is 22. The highest BCUT2D eigenvalue weighted by Gasteiger charge is 2.62. The quantitative estimate of drug-likeness (QED) is 0.0404. The summed E-state index contributed by atoms with van der Waals surface area (Å²) in [6.45, 7) is -1.58. The summed E-state index contributed by atoms with van der Waals surface area (Å²) < 4.78 is 88.5. The molecule has 0 amide bonds. The smallest absolute Gasteiger partial charge is 0.364 e. The second kappa shape index (κ2) is 33.4. The van der Waals surface area contributed by atoms with E-state index in [1.54, 1.807) is 13.8 Å². The van der Waals surface area contributed by atoms with Gasteiger partial charge in [0.25, 0.3) is 5.79 Å². The minimum atomic E-state index is -3.12. The number of carbonyl (C=O) groups is 1. The molecule has 0 spiro atoms. The van der Waals surface area contributed by atoms with Crippen molar-refractivity contribution in [2.75, 3.05) is 52.9 Å². The maximum absolute atomic E-state index is 12.9. The predicted molar refractivity (Wildman–Crippen MR) is 297 cm³/mol. The Bertz CT molecular complexity index is 2360. The van der Waals surface area contributed by atoms with Crippen molar-refractivity contribution in [3.8, 4) is 0 Å². The lowest BCUT2D eigenvalue weighted by atomic mass is 9.88. The van der Waals surface area contributed by atoms with Crippen molar-refractivity contribution in [3.63, 3.8) is 0 Å². The van der Waals surface area contributed by atoms with Gasteiger partial charge in [-0.05, 0) is 6.92 Å². The zero-order chi connectivity index (χ0) is 70.1. The van der Waals surface area contributed by atoms with Crippen molar-refractivity contribution < 1.29 is 193 Å². The number of carboxylic acids is 1. The molecule has 8 aliphatic heterocycles. The summed E-state index contributed by atoms with van der Waals surface area (Å²) in [5.41, 5.74) is 5.97. The van der Waals surface area contributed by atoms with Crippen LogP contribution in [0.25, 0.3) is 0 Å². The number of carboxylic acid groups (broad SMARTS) is 1. The lowest BCUT2D eigenvalue weighted by Crippen LogP contribution is -2.70. The van der Waals surface area contributed by atoms with Crippen molar-refractivity contribution in [1.29, 1.82) is 0 Å². The van der Waals surface area contributed by atoms with Gasteiger partial charge >= 0.3 is 5.97 Å². The van der Waals surface area contributed by atoms with Crippen LogP contribution < -0.4 is 5.73 Å². The number of ether oxygens (including phenoxy) is 15. The van der Waals surface area contributed by atoms with E-state index in [9.17, 15) is 122 Å². The van der Waals surface area contributed by atoms with Crippen LogP contribution in [-0.2, 0) is 75.8 Å². The Kier molecular flexibility index (Phi) is 27.6. The molecular weight excluding hydrogens is 1300 g/mol. The maximum Gasteiger partial charge on any atom is 0.364 e. The van der Waals surface area contributed by atoms with Crippen LogP contribution in [0, 0.1) is 17.8 Å². The third-order valence-corrected chi connectivity index (χ3v) is 19.1. The molecule has 554 valence electrons. The molecular formula is C55H95NO39. The average Bonchev–Trinajstić information content (AvgIpc) is 0.770. The SMILES string of the molecule is C[C@@H]1OC(CO)[C@@H](O[C@@H]2OC(CO)[C@@H](O[C@@H]3OC(CO[C@H]4OC(CO)[C@@H](O)C(O)C4O)[C@@H](O)C(O[C@H]4O[C@H](CO)[C@@H](O)C(O)C4O[C@@H]4OC(CO)[C@@H](O[C@@H]5OC(CO)[C@H](O)C(O[C@]6(C(=O)O)C[C@@H](O)[C@@H](N)C([C@H](O)[C@H](O)CO)O6)[C@@H]5O)C(O)[C@@H]4C)[C@H]3O)C(O)[C@@H]2C)C(O)[C@@H]1C. The largest absolute Gasteiger partial charge is 0.477 e. The van der Waals surface area contributed by atoms with Gasteiger partial charge in [0.15, 0.2) is 37.7 Å². The van der Waals surface area contributed by atoms with Crippen LogP contribution in [0.1, 0.15) is 34.1 Å². The Balaban J connectivity index is 1.03. The number of hydrogen-bond acceptors (Lipinski definition) is 39. The fraction of sp³-hybridized carbons (Fsp3) is 0.982. The first-order valence-electron chi connectivity index (χ1n) is 31.2. The highest BCUT2D eigenvalue weighted by molar-refractivity contribution is 5.76. The van der Waals surface area contributed by atoms with E-state index in [-0.39, 0.29) is 0 Å². The molecule has 8 saturated heterocycles. The number of nitrogens with two attached hydrogens (primary N) is 1. The first kappa shape index (κ1) is 78.7. The van der Waals surface area contributed by atoms with E-state index < -0.39 is 316 Å². The lowest BCUT2D eigenvalue weighted by Gasteiger charge is -2.51. The van der Waals surface area contributed by atoms with Gasteiger partial charge in [-0.1, -0.05) is 20.8 Å². The summed E-state index contributed by atoms with van der Waals surface area (Å²) in [6.07, 6.45) is -67.6. The third-order valence-electron chi connectivity index (χ3n) is 19.1. The third kappa shape index (κ3) is 16.3. The normalized spacial score (nSPS) is 51.6. The van der Waals surface area contributed by atoms with Gasteiger partial charge < -0.3 is 194 Å². The first-order chi connectivity index (χ1) is 44.9. The molecule has 0 aliphatic carbocycles. The minimum absolute atomic E-state index is 0.505. The van der Waals surface area contributed by atoms with Crippen LogP contribution >= 0.6 is 0 Å². The monoisotopic (exact) mass is 1390 g/mol. The molecule has 0 saturated carbocycles. The Morgan fingerprint density at radius 2 is 0.832 bits per heavy atom. The second-order valence-electron chi connectivity index (χ2n) is 25.3. The molecule has 8 heterocycles. The van der Waals surface area contributed by atoms with Gasteiger partial charge in [0.05, 0.1) is 89.4 Å². The predicted octanol–water partition coefficient (Wildman–Crippen LogP) is -14.4. The standard InChI is InChI=1S/C55H95NO39/c1-14-17(4)82-23(10-61)41(28(14)66)89-48-15(2)29(67)42(24(11-62)86-48)90-51-39(77)45(35(73)26(88-51)13-81-50-38(76)36(74)32(70)20(7-58)83-50)92-53-47(37(75)33(71)21(8-59)85-53)93-49-16(3)30(68)43(25(12-63)87-49)91-52-40(78)46(34(72)22(9-60)84-52)95-55(54(79)80)5-18(64)27(56)44(94-55)31(69)19(65)6-57/h14-53,57-78H,5-13,56H2,1-4H3,(H,79,80)/t14-,15+,16+,17+,18-,19-,20?,21-,22?,23?,24?,25?,26?,27-,28?,29?,30?,31-,32-,33-,34+,35-,36?,37?,38?,39-,40+,41-,42-,43-,44?,45?,46?,47?,48+,49+,50+,51+,52+,53-,55+/m1/s1. The van der Waals surface area contributed by atoms with E-state index in [1.165, 1.54) is 13.8 Å². The summed E-state index contributed by atoms with van der Waals surface area (Å²) in [5.74, 6) is -8.21. The fourth-order valence-corrected chi connectivity index (χ4v) is 12.8. The van der Waals surface area contributed by atoms with Crippen molar-refractivity contribution >= 4 is 5.97 Å². The molecule has 40 heteroatoms. The van der Waals surface area contributed by atoms with E-state index >= 15 is 0 Å². The molecule has 16 unspecified atom stereocenters. The van der Waals surface area contributed by atoms with Gasteiger partial charge in [0.1, 0.15) is 153 Å². The van der Waals surface area contributed by atoms with E-state index in [0.29, 0.717) is 0 Å². The van der Waals surface area contributed by atoms with Crippen LogP contribution in [0.2, 0.25) is 0 Å². The second-order valence-corrected chi connectivity index (χ2v) is 25.3. The summed E-state index contributed by atoms with van der Waals surface area (Å²) >= 11 is 0. The van der Waals surface area contributed by atoms with Crippen LogP contribution in [0.3, 0.4) is 0 Å². The maximum atomic E-state index is 12.9. The summed E-state index contributed by atoms with van der Waals surface area (Å²) in [6, 6.07) is -1.61. The van der Waals surface area contributed by atoms with Gasteiger partial charge in [-0.2, -0.15) is 0 Å². The fourth-order valence-electron chi connectivity index (χ4n) is 12.8. The van der Waals surface area contributed by atoms with Gasteiger partial charge in [0.2, 0.25) is 0 Å². The van der Waals surface area contributed by atoms with Crippen LogP contribution in [0.15, 0.2) is 0 Å². The van der Waals surface area contributed by atoms with Crippen molar-refractivity contribution in [2.24, 2.45) is 23.5 Å². The van der Waals surface area contributed by atoms with Gasteiger partial charge in [-0.25, -0.2) is 4.79 Å². The number of hydrogen-bond donors (Lipinski definition) is 24. The molecule has 40 nitrogen and oxygen atoms in total. The topological polar surface area (TPSA) is 647 Å². The number of aliphatic carboxylic acids is 1. The summed E-state index contributed by atoms with van der Waals surface area (Å²) in [7, 11) is 0. The van der Waals surface area contributed by atoms with E-state index in [4.69, 9.17) is 76.8 Å². The van der Waals surface area contributed by atoms with Gasteiger partial charge in [0, 0.05) is 24.2 Å². The zero-order valence-corrected chi connectivity index (χ0v) is 51.9. The number of aliphatic hydroxyl groups is 22. The molecule has 0 aromatic carbocycles. The molecule has 95 heavy (non-hydrogen) atoms. The van der Waals surface area contributed by atoms with Crippen LogP contribution in [-0.4, -0.2) is 409 Å². The van der Waals surface area contributed by atoms with Crippen molar-refractivity contribution in [2.45, 2.75) is 267 Å². The molecule has 8 aliphatic rings. The van der Waals surface area contributed by atoms with Crippen molar-refractivity contribution in [3.05, 3.63) is 0 Å². The molecule has 8 rings (SSSR count). The molecule has 0 aromatic heterocycles. The molecule has 0 radical (unpaired) electrons. The van der Waals surface area contributed by atoms with Crippen molar-refractivity contribution in [1.82, 2.24) is 0 Å². The highest BCUT2D eigenvalue weighted by Crippen LogP contribution is 2.42. The van der Waals surface area contributed by atoms with E-state index in [2.05, 4.69) is 0 Å². The first-order valence-corrected chi connectivity index (χ1v) is 31.2. The molecule has 25 N–H and O–H groups in total. The van der Waals surface area contributed by atoms with E-state index in [1.807, 2.05) is 0 Å². The number of rotatable bonds is 25. The average molecular weight is 1390 g/mol. The van der Waals surface area contributed by atoms with Crippen LogP contribution in [0.5, 0.6) is 0 Å². The molecule has 41 atom stereocenters. The Labute approximate surface area is 541 Å². The Hall–Kier alpha value is -2.05.